The van der Waals surface area contributed by atoms with Crippen molar-refractivity contribution in [1.29, 1.82) is 0 Å². The van der Waals surface area contributed by atoms with Gasteiger partial charge in [0.25, 0.3) is 0 Å². The lowest BCUT2D eigenvalue weighted by molar-refractivity contribution is -0.121. The Balaban J connectivity index is 1.80. The van der Waals surface area contributed by atoms with E-state index in [0.29, 0.717) is 6.42 Å². The van der Waals surface area contributed by atoms with Crippen molar-refractivity contribution in [3.05, 3.63) is 89.5 Å². The third kappa shape index (κ3) is 3.71. The molecule has 1 N–H and O–H groups in total. The second-order valence-corrected chi connectivity index (χ2v) is 5.97. The molecule has 0 saturated heterocycles. The molecule has 4 heteroatoms. The Morgan fingerprint density at radius 2 is 1.83 bits per heavy atom. The highest BCUT2D eigenvalue weighted by Gasteiger charge is 2.20. The molecule has 1 heterocycles. The van der Waals surface area contributed by atoms with Gasteiger partial charge in [0.2, 0.25) is 5.91 Å². The minimum Gasteiger partial charge on any atom is -0.342 e. The molecule has 0 saturated carbocycles. The van der Waals surface area contributed by atoms with Crippen LogP contribution in [0.15, 0.2) is 67.0 Å². The van der Waals surface area contributed by atoms with E-state index < -0.39 is 0 Å². The first-order valence-electron chi connectivity index (χ1n) is 8.00. The monoisotopic (exact) mass is 319 g/mol. The van der Waals surface area contributed by atoms with Gasteiger partial charge in [0.1, 0.15) is 11.9 Å². The van der Waals surface area contributed by atoms with E-state index >= 15 is 0 Å². The fraction of sp³-hybridized carbons (Fsp3) is 0.200. The van der Waals surface area contributed by atoms with Gasteiger partial charge in [0.05, 0.1) is 6.42 Å². The third-order valence-electron chi connectivity index (χ3n) is 4.04. The maximum atomic E-state index is 12.5. The summed E-state index contributed by atoms with van der Waals surface area (Å²) in [4.78, 5) is 17.0. The topological polar surface area (TPSA) is 46.9 Å². The fourth-order valence-corrected chi connectivity index (χ4v) is 2.70. The van der Waals surface area contributed by atoms with Gasteiger partial charge >= 0.3 is 0 Å². The van der Waals surface area contributed by atoms with E-state index in [2.05, 4.69) is 10.3 Å². The first kappa shape index (κ1) is 16.0. The Morgan fingerprint density at radius 3 is 2.46 bits per heavy atom. The quantitative estimate of drug-likeness (QED) is 0.785. The largest absolute Gasteiger partial charge is 0.342 e. The Bertz CT molecular complexity index is 806. The SMILES string of the molecule is Cc1ccc(CC(=O)N[C@@H](c2ccccc2)c2nccn2C)cc1. The van der Waals surface area contributed by atoms with Crippen molar-refractivity contribution in [1.82, 2.24) is 14.9 Å². The Labute approximate surface area is 142 Å². The molecule has 0 radical (unpaired) electrons. The van der Waals surface area contributed by atoms with Crippen LogP contribution < -0.4 is 5.32 Å². The van der Waals surface area contributed by atoms with E-state index in [1.165, 1.54) is 5.56 Å². The van der Waals surface area contributed by atoms with Crippen LogP contribution >= 0.6 is 0 Å². The number of carbonyl (C=O) groups excluding carboxylic acids is 1. The summed E-state index contributed by atoms with van der Waals surface area (Å²) in [5, 5.41) is 3.12. The van der Waals surface area contributed by atoms with Gasteiger partial charge in [-0.3, -0.25) is 4.79 Å². The molecule has 0 bridgehead atoms. The number of imidazole rings is 1. The lowest BCUT2D eigenvalue weighted by Crippen LogP contribution is -2.32. The van der Waals surface area contributed by atoms with Crippen molar-refractivity contribution in [2.24, 2.45) is 7.05 Å². The number of nitrogens with zero attached hydrogens (tertiary/aromatic N) is 2. The number of amides is 1. The van der Waals surface area contributed by atoms with Gasteiger partial charge in [-0.25, -0.2) is 4.98 Å². The summed E-state index contributed by atoms with van der Waals surface area (Å²) < 4.78 is 1.93. The van der Waals surface area contributed by atoms with Gasteiger partial charge < -0.3 is 9.88 Å². The molecule has 4 nitrogen and oxygen atoms in total. The first-order valence-corrected chi connectivity index (χ1v) is 8.00. The van der Waals surface area contributed by atoms with Crippen molar-refractivity contribution in [2.75, 3.05) is 0 Å². The van der Waals surface area contributed by atoms with Gasteiger partial charge in [-0.15, -0.1) is 0 Å². The zero-order valence-electron chi connectivity index (χ0n) is 13.9. The van der Waals surface area contributed by atoms with Crippen LogP contribution in [0, 0.1) is 6.92 Å². The number of rotatable bonds is 5. The Morgan fingerprint density at radius 1 is 1.12 bits per heavy atom. The molecule has 1 aromatic heterocycles. The molecule has 0 aliphatic rings. The maximum absolute atomic E-state index is 12.5. The summed E-state index contributed by atoms with van der Waals surface area (Å²) in [6, 6.07) is 17.7. The van der Waals surface area contributed by atoms with Gasteiger partial charge in [0.15, 0.2) is 0 Å². The van der Waals surface area contributed by atoms with Gasteiger partial charge in [0, 0.05) is 19.4 Å². The van der Waals surface area contributed by atoms with Gasteiger partial charge in [-0.2, -0.15) is 0 Å². The first-order chi connectivity index (χ1) is 11.6. The van der Waals surface area contributed by atoms with Crippen LogP contribution in [0.5, 0.6) is 0 Å². The number of nitrogens with one attached hydrogen (secondary N) is 1. The lowest BCUT2D eigenvalue weighted by atomic mass is 10.0. The number of hydrogen-bond acceptors (Lipinski definition) is 2. The average Bonchev–Trinajstić information content (AvgIpc) is 3.01. The number of hydrogen-bond donors (Lipinski definition) is 1. The second kappa shape index (κ2) is 7.13. The molecule has 122 valence electrons. The van der Waals surface area contributed by atoms with E-state index in [4.69, 9.17) is 0 Å². The van der Waals surface area contributed by atoms with Crippen molar-refractivity contribution in [2.45, 2.75) is 19.4 Å². The molecule has 1 atom stereocenters. The normalized spacial score (nSPS) is 11.9. The molecular weight excluding hydrogens is 298 g/mol. The molecule has 24 heavy (non-hydrogen) atoms. The van der Waals surface area contributed by atoms with Crippen LogP contribution in [-0.4, -0.2) is 15.5 Å². The highest BCUT2D eigenvalue weighted by molar-refractivity contribution is 5.79. The molecule has 3 rings (SSSR count). The maximum Gasteiger partial charge on any atom is 0.225 e. The number of aromatic nitrogens is 2. The lowest BCUT2D eigenvalue weighted by Gasteiger charge is -2.19. The predicted molar refractivity (Wildman–Crippen MR) is 94.5 cm³/mol. The van der Waals surface area contributed by atoms with Crippen LogP contribution in [0.4, 0.5) is 0 Å². The summed E-state index contributed by atoms with van der Waals surface area (Å²) in [6.45, 7) is 2.04. The van der Waals surface area contributed by atoms with Crippen LogP contribution in [0.3, 0.4) is 0 Å². The third-order valence-corrected chi connectivity index (χ3v) is 4.04. The molecule has 2 aromatic carbocycles. The average molecular weight is 319 g/mol. The summed E-state index contributed by atoms with van der Waals surface area (Å²) in [6.07, 6.45) is 3.99. The minimum absolute atomic E-state index is 0.0179. The van der Waals surface area contributed by atoms with E-state index in [1.807, 2.05) is 79.3 Å². The van der Waals surface area contributed by atoms with E-state index in [-0.39, 0.29) is 11.9 Å². The fourth-order valence-electron chi connectivity index (χ4n) is 2.70. The number of benzene rings is 2. The zero-order chi connectivity index (χ0) is 16.9. The smallest absolute Gasteiger partial charge is 0.225 e. The van der Waals surface area contributed by atoms with Crippen molar-refractivity contribution in [3.63, 3.8) is 0 Å². The zero-order valence-corrected chi connectivity index (χ0v) is 13.9. The minimum atomic E-state index is -0.260. The summed E-state index contributed by atoms with van der Waals surface area (Å²) in [5.41, 5.74) is 3.21. The molecule has 1 amide bonds. The summed E-state index contributed by atoms with van der Waals surface area (Å²) in [7, 11) is 1.93. The highest BCUT2D eigenvalue weighted by atomic mass is 16.1. The summed E-state index contributed by atoms with van der Waals surface area (Å²) >= 11 is 0. The van der Waals surface area contributed by atoms with Crippen molar-refractivity contribution >= 4 is 5.91 Å². The molecule has 0 unspecified atom stereocenters. The van der Waals surface area contributed by atoms with E-state index in [1.54, 1.807) is 6.20 Å². The van der Waals surface area contributed by atoms with Crippen LogP contribution in [0.25, 0.3) is 0 Å². The van der Waals surface area contributed by atoms with Crippen LogP contribution in [-0.2, 0) is 18.3 Å². The van der Waals surface area contributed by atoms with Gasteiger partial charge in [-0.05, 0) is 18.1 Å². The van der Waals surface area contributed by atoms with E-state index in [9.17, 15) is 4.79 Å². The Kier molecular flexibility index (Phi) is 4.75. The Hall–Kier alpha value is -2.88. The summed E-state index contributed by atoms with van der Waals surface area (Å²) in [5.74, 6) is 0.800. The molecule has 0 fully saturated rings. The molecule has 3 aromatic rings. The standard InChI is InChI=1S/C20H21N3O/c1-15-8-10-16(11-9-15)14-18(24)22-19(17-6-4-3-5-7-17)20-21-12-13-23(20)2/h3-13,19H,14H2,1-2H3,(H,22,24)/t19-/m0/s1. The van der Waals surface area contributed by atoms with E-state index in [0.717, 1.165) is 17.0 Å². The van der Waals surface area contributed by atoms with Gasteiger partial charge in [-0.1, -0.05) is 60.2 Å². The molecule has 0 aliphatic carbocycles. The molecule has 0 spiro atoms. The number of carbonyl (C=O) groups is 1. The van der Waals surface area contributed by atoms with Crippen molar-refractivity contribution < 1.29 is 4.79 Å². The number of aryl methyl sites for hydroxylation is 2. The molecule has 0 aliphatic heterocycles. The highest BCUT2D eigenvalue weighted by Crippen LogP contribution is 2.20. The van der Waals surface area contributed by atoms with Crippen LogP contribution in [0.2, 0.25) is 0 Å². The predicted octanol–water partition coefficient (Wildman–Crippen LogP) is 3.18. The second-order valence-electron chi connectivity index (χ2n) is 5.97. The molecular formula is C20H21N3O. The van der Waals surface area contributed by atoms with Crippen LogP contribution in [0.1, 0.15) is 28.6 Å². The van der Waals surface area contributed by atoms with Crippen molar-refractivity contribution in [3.8, 4) is 0 Å².